The van der Waals surface area contributed by atoms with Crippen molar-refractivity contribution in [2.45, 2.75) is 44.9 Å². The van der Waals surface area contributed by atoms with Gasteiger partial charge >= 0.3 is 5.91 Å². The number of halogens is 3. The molecule has 48 heavy (non-hydrogen) atoms. The van der Waals surface area contributed by atoms with Gasteiger partial charge in [-0.05, 0) is 45.0 Å². The van der Waals surface area contributed by atoms with Gasteiger partial charge in [-0.3, -0.25) is 14.4 Å². The maximum absolute atomic E-state index is 15.5. The van der Waals surface area contributed by atoms with Crippen LogP contribution in [-0.2, 0) is 24.4 Å². The molecule has 0 spiro atoms. The van der Waals surface area contributed by atoms with E-state index in [0.717, 1.165) is 4.90 Å². The molecule has 0 aromatic heterocycles. The molecule has 0 saturated carbocycles. The highest BCUT2D eigenvalue weighted by Gasteiger charge is 2.40. The van der Waals surface area contributed by atoms with Crippen LogP contribution in [0.25, 0.3) is 11.1 Å². The summed E-state index contributed by atoms with van der Waals surface area (Å²) in [6.45, 7) is 4.10. The highest BCUT2D eigenvalue weighted by atomic mass is 35.5. The van der Waals surface area contributed by atoms with Crippen molar-refractivity contribution in [3.05, 3.63) is 77.1 Å². The van der Waals surface area contributed by atoms with E-state index in [-0.39, 0.29) is 40.4 Å². The van der Waals surface area contributed by atoms with Gasteiger partial charge < -0.3 is 26.0 Å². The summed E-state index contributed by atoms with van der Waals surface area (Å²) in [4.78, 5) is 39.5. The average molecular weight is 706 g/mol. The second kappa shape index (κ2) is 14.7. The fraction of sp³-hybridized carbons (Fsp3) is 0.312. The standard InChI is InChI=1S/C32H35ClF2N6O6S/c1-32(2,3)40-48(45,46)17-47-19-11-12-22(29(36)30(37)43)25(14-19)38-15-27(42)41-16-18(34)13-26(41)31(44)39-24-10-6-8-21(28(24)35)20-7-4-5-9-23(20)33/h4-12,14,18,26,36,38,40H,13,15-17H2,1-3H3,(H2,37,43)(H,39,44)/p+1/t18-,26+/m1/s1. The molecule has 12 nitrogen and oxygen atoms in total. The number of nitrogens with zero attached hydrogens (tertiary/aromatic N) is 1. The van der Waals surface area contributed by atoms with E-state index in [1.807, 2.05) is 0 Å². The predicted molar refractivity (Wildman–Crippen MR) is 178 cm³/mol. The largest absolute Gasteiger partial charge is 0.476 e. The Morgan fingerprint density at radius 1 is 1.06 bits per heavy atom. The Morgan fingerprint density at radius 2 is 1.75 bits per heavy atom. The van der Waals surface area contributed by atoms with Crippen molar-refractivity contribution in [2.24, 2.45) is 5.73 Å². The Kier molecular flexibility index (Phi) is 11.1. The van der Waals surface area contributed by atoms with Crippen LogP contribution < -0.4 is 31.2 Å². The number of likely N-dealkylation sites (tertiary alicyclic amines) is 1. The van der Waals surface area contributed by atoms with Crippen LogP contribution in [0, 0.1) is 5.82 Å². The Hall–Kier alpha value is -4.60. The summed E-state index contributed by atoms with van der Waals surface area (Å²) in [6, 6.07) is 13.7. The monoisotopic (exact) mass is 705 g/mol. The van der Waals surface area contributed by atoms with Crippen molar-refractivity contribution in [2.75, 3.05) is 29.7 Å². The number of ether oxygens (including phenoxy) is 1. The zero-order valence-electron chi connectivity index (χ0n) is 26.4. The molecule has 0 unspecified atom stereocenters. The fourth-order valence-electron chi connectivity index (χ4n) is 5.08. The van der Waals surface area contributed by atoms with Gasteiger partial charge in [0.1, 0.15) is 18.0 Å². The van der Waals surface area contributed by atoms with Gasteiger partial charge in [0, 0.05) is 34.2 Å². The molecule has 1 aliphatic rings. The molecule has 0 bridgehead atoms. The molecule has 4 rings (SSSR count). The number of nitrogens with one attached hydrogen (secondary N) is 3. The highest BCUT2D eigenvalue weighted by Crippen LogP contribution is 2.33. The number of anilines is 2. The van der Waals surface area contributed by atoms with E-state index in [1.54, 1.807) is 45.0 Å². The third-order valence-corrected chi connectivity index (χ3v) is 8.79. The molecule has 1 heterocycles. The minimum atomic E-state index is -3.85. The van der Waals surface area contributed by atoms with Gasteiger partial charge in [0.25, 0.3) is 5.71 Å². The van der Waals surface area contributed by atoms with E-state index in [1.165, 1.54) is 36.4 Å². The van der Waals surface area contributed by atoms with Gasteiger partial charge in [-0.15, -0.1) is 0 Å². The number of hydrogen-bond acceptors (Lipinski definition) is 7. The van der Waals surface area contributed by atoms with E-state index in [4.69, 9.17) is 27.5 Å². The maximum atomic E-state index is 15.5. The van der Waals surface area contributed by atoms with Crippen LogP contribution in [0.4, 0.5) is 20.2 Å². The Bertz CT molecular complexity index is 1850. The van der Waals surface area contributed by atoms with Gasteiger partial charge in [0.15, 0.2) is 5.82 Å². The second-order valence-corrected chi connectivity index (χ2v) is 14.2. The van der Waals surface area contributed by atoms with Gasteiger partial charge in [-0.2, -0.15) is 0 Å². The molecule has 2 atom stereocenters. The summed E-state index contributed by atoms with van der Waals surface area (Å²) < 4.78 is 62.8. The normalized spacial score (nSPS) is 16.3. The van der Waals surface area contributed by atoms with E-state index < -0.39 is 70.3 Å². The van der Waals surface area contributed by atoms with Gasteiger partial charge in [-0.25, -0.2) is 27.3 Å². The zero-order chi connectivity index (χ0) is 35.4. The first-order valence-corrected chi connectivity index (χ1v) is 16.7. The van der Waals surface area contributed by atoms with Crippen LogP contribution in [0.2, 0.25) is 5.02 Å². The van der Waals surface area contributed by atoms with E-state index in [2.05, 4.69) is 15.4 Å². The summed E-state index contributed by atoms with van der Waals surface area (Å²) in [5.74, 6) is -3.90. The first-order chi connectivity index (χ1) is 22.5. The van der Waals surface area contributed by atoms with Crippen molar-refractivity contribution >= 4 is 56.4 Å². The molecule has 1 saturated heterocycles. The van der Waals surface area contributed by atoms with Crippen LogP contribution in [0.3, 0.4) is 0 Å². The number of primary amides is 1. The molecular formula is C32H36ClF2N6O6S+. The van der Waals surface area contributed by atoms with Gasteiger partial charge in [0.05, 0.1) is 30.0 Å². The minimum Gasteiger partial charge on any atom is -0.476 e. The smallest absolute Gasteiger partial charge is 0.313 e. The Labute approximate surface area is 281 Å². The molecule has 7 N–H and O–H groups in total. The summed E-state index contributed by atoms with van der Waals surface area (Å²) in [7, 11) is -3.85. The molecule has 0 radical (unpaired) electrons. The van der Waals surface area contributed by atoms with Crippen molar-refractivity contribution in [1.29, 1.82) is 0 Å². The van der Waals surface area contributed by atoms with Crippen LogP contribution in [0.15, 0.2) is 60.7 Å². The van der Waals surface area contributed by atoms with E-state index in [0.29, 0.717) is 10.6 Å². The number of alkyl halides is 1. The maximum Gasteiger partial charge on any atom is 0.313 e. The summed E-state index contributed by atoms with van der Waals surface area (Å²) in [6.07, 6.45) is -1.85. The molecule has 0 aliphatic carbocycles. The molecule has 3 amide bonds. The van der Waals surface area contributed by atoms with Crippen molar-refractivity contribution in [3.8, 4) is 16.9 Å². The van der Waals surface area contributed by atoms with Crippen molar-refractivity contribution in [1.82, 2.24) is 9.62 Å². The Balaban J connectivity index is 1.50. The quantitative estimate of drug-likeness (QED) is 0.179. The number of amides is 3. The number of sulfonamides is 1. The first kappa shape index (κ1) is 36.2. The summed E-state index contributed by atoms with van der Waals surface area (Å²) in [5, 5.41) is 11.4. The fourth-order valence-corrected chi connectivity index (χ4v) is 6.60. The number of hydrogen-bond donors (Lipinski definition) is 5. The van der Waals surface area contributed by atoms with E-state index in [9.17, 15) is 27.2 Å². The lowest BCUT2D eigenvalue weighted by atomic mass is 10.0. The van der Waals surface area contributed by atoms with E-state index >= 15 is 4.39 Å². The Morgan fingerprint density at radius 3 is 2.42 bits per heavy atom. The number of rotatable bonds is 12. The summed E-state index contributed by atoms with van der Waals surface area (Å²) in [5.41, 5.74) is 4.79. The number of benzene rings is 3. The highest BCUT2D eigenvalue weighted by molar-refractivity contribution is 7.89. The number of nitrogens with two attached hydrogens (primary N) is 2. The van der Waals surface area contributed by atoms with Crippen LogP contribution in [-0.4, -0.2) is 73.5 Å². The molecule has 256 valence electrons. The van der Waals surface area contributed by atoms with Crippen LogP contribution in [0.5, 0.6) is 5.75 Å². The van der Waals surface area contributed by atoms with Gasteiger partial charge in [-0.1, -0.05) is 41.9 Å². The van der Waals surface area contributed by atoms with Crippen molar-refractivity contribution < 1.29 is 41.7 Å². The SMILES string of the molecule is CC(C)(C)NS(=O)(=O)COc1ccc(C(=[NH2+])C(N)=O)c(NCC(=O)N2C[C@H](F)C[C@H]2C(=O)Nc2cccc(-c3ccccc3Cl)c2F)c1. The third-order valence-electron chi connectivity index (χ3n) is 7.11. The third kappa shape index (κ3) is 9.05. The second-order valence-electron chi connectivity index (χ2n) is 12.1. The molecule has 3 aromatic rings. The molecule has 1 fully saturated rings. The molecule has 16 heteroatoms. The number of carbonyl (C=O) groups excluding carboxylic acids is 3. The molecular weight excluding hydrogens is 670 g/mol. The molecule has 1 aliphatic heterocycles. The van der Waals surface area contributed by atoms with Gasteiger partial charge in [0.2, 0.25) is 27.8 Å². The zero-order valence-corrected chi connectivity index (χ0v) is 27.9. The van der Waals surface area contributed by atoms with Crippen molar-refractivity contribution in [3.63, 3.8) is 0 Å². The lowest BCUT2D eigenvalue weighted by Gasteiger charge is -2.24. The van der Waals surface area contributed by atoms with Crippen LogP contribution in [0.1, 0.15) is 32.8 Å². The molecule has 3 aromatic carbocycles. The first-order valence-electron chi connectivity index (χ1n) is 14.7. The predicted octanol–water partition coefficient (Wildman–Crippen LogP) is 2.22. The average Bonchev–Trinajstić information content (AvgIpc) is 3.40. The lowest BCUT2D eigenvalue weighted by Crippen LogP contribution is -2.49. The summed E-state index contributed by atoms with van der Waals surface area (Å²) >= 11 is 6.23. The lowest BCUT2D eigenvalue weighted by molar-refractivity contribution is -0.135. The topological polar surface area (TPSA) is 186 Å². The number of carbonyl (C=O) groups is 3. The minimum absolute atomic E-state index is 0.0496. The van der Waals surface area contributed by atoms with Crippen LogP contribution >= 0.6 is 11.6 Å².